The Kier molecular flexibility index (Phi) is 4.68. The lowest BCUT2D eigenvalue weighted by Gasteiger charge is -2.42. The summed E-state index contributed by atoms with van der Waals surface area (Å²) in [5.41, 5.74) is 0. The zero-order valence-corrected chi connectivity index (χ0v) is 13.0. The molecule has 1 aliphatic heterocycles. The average molecular weight is 292 g/mol. The summed E-state index contributed by atoms with van der Waals surface area (Å²) < 4.78 is 5.40. The summed E-state index contributed by atoms with van der Waals surface area (Å²) in [6.07, 6.45) is 12.6. The van der Waals surface area contributed by atoms with E-state index in [1.165, 1.54) is 25.7 Å². The molecule has 0 aromatic carbocycles. The third-order valence-electron chi connectivity index (χ3n) is 5.82. The number of aliphatic hydroxyl groups excluding tert-OH is 1. The van der Waals surface area contributed by atoms with Crippen molar-refractivity contribution in [2.45, 2.75) is 70.5 Å². The summed E-state index contributed by atoms with van der Waals surface area (Å²) in [5, 5.41) is 9.71. The van der Waals surface area contributed by atoms with Gasteiger partial charge in [-0.2, -0.15) is 0 Å². The SMILES string of the molecule is C[C@H]1C=C[C@H]2CCCC[C@@H]2[C@H]1CC[C@@H]1C[C@@H](O)CC(=O)O1. The number of ether oxygens (including phenoxy) is 1. The molecule has 0 unspecified atom stereocenters. The van der Waals surface area contributed by atoms with E-state index >= 15 is 0 Å². The third kappa shape index (κ3) is 3.50. The number of hydrogen-bond donors (Lipinski definition) is 1. The van der Waals surface area contributed by atoms with E-state index in [4.69, 9.17) is 4.74 Å². The van der Waals surface area contributed by atoms with Crippen LogP contribution in [0.15, 0.2) is 12.2 Å². The second-order valence-electron chi connectivity index (χ2n) is 7.30. The van der Waals surface area contributed by atoms with Crippen molar-refractivity contribution in [3.8, 4) is 0 Å². The number of rotatable bonds is 3. The Morgan fingerprint density at radius 2 is 2.05 bits per heavy atom. The van der Waals surface area contributed by atoms with Crippen molar-refractivity contribution in [3.05, 3.63) is 12.2 Å². The van der Waals surface area contributed by atoms with E-state index in [1.807, 2.05) is 0 Å². The summed E-state index contributed by atoms with van der Waals surface area (Å²) in [4.78, 5) is 11.4. The molecule has 2 aliphatic carbocycles. The molecule has 3 heteroatoms. The van der Waals surface area contributed by atoms with Crippen molar-refractivity contribution < 1.29 is 14.6 Å². The van der Waals surface area contributed by atoms with Crippen LogP contribution in [0.5, 0.6) is 0 Å². The van der Waals surface area contributed by atoms with E-state index in [9.17, 15) is 9.90 Å². The fourth-order valence-electron chi connectivity index (χ4n) is 4.70. The van der Waals surface area contributed by atoms with Crippen molar-refractivity contribution in [1.29, 1.82) is 0 Å². The van der Waals surface area contributed by atoms with Crippen molar-refractivity contribution in [2.24, 2.45) is 23.7 Å². The molecule has 21 heavy (non-hydrogen) atoms. The Balaban J connectivity index is 1.58. The molecule has 1 saturated heterocycles. The highest BCUT2D eigenvalue weighted by Crippen LogP contribution is 2.45. The van der Waals surface area contributed by atoms with Crippen LogP contribution < -0.4 is 0 Å². The molecule has 3 rings (SSSR count). The average Bonchev–Trinajstić information content (AvgIpc) is 2.45. The molecule has 118 valence electrons. The lowest BCUT2D eigenvalue weighted by atomic mass is 9.64. The molecule has 3 aliphatic rings. The highest BCUT2D eigenvalue weighted by Gasteiger charge is 2.36. The minimum Gasteiger partial charge on any atom is -0.462 e. The molecule has 6 atom stereocenters. The first kappa shape index (κ1) is 15.1. The Morgan fingerprint density at radius 3 is 2.86 bits per heavy atom. The number of allylic oxidation sites excluding steroid dienone is 2. The Bertz CT molecular complexity index is 403. The highest BCUT2D eigenvalue weighted by atomic mass is 16.5. The maximum atomic E-state index is 11.4. The molecule has 3 nitrogen and oxygen atoms in total. The number of aliphatic hydroxyl groups is 1. The fourth-order valence-corrected chi connectivity index (χ4v) is 4.70. The molecule has 0 spiro atoms. The summed E-state index contributed by atoms with van der Waals surface area (Å²) >= 11 is 0. The zero-order valence-electron chi connectivity index (χ0n) is 13.0. The van der Waals surface area contributed by atoms with Crippen molar-refractivity contribution in [3.63, 3.8) is 0 Å². The number of fused-ring (bicyclic) bond motifs is 1. The van der Waals surface area contributed by atoms with Gasteiger partial charge in [-0.1, -0.05) is 31.9 Å². The van der Waals surface area contributed by atoms with E-state index in [-0.39, 0.29) is 18.5 Å². The van der Waals surface area contributed by atoms with Crippen molar-refractivity contribution in [2.75, 3.05) is 0 Å². The molecular formula is C18H28O3. The summed E-state index contributed by atoms with van der Waals surface area (Å²) in [5.74, 6) is 2.72. The predicted octanol–water partition coefficient (Wildman–Crippen LogP) is 3.46. The molecule has 1 N–H and O–H groups in total. The standard InChI is InChI=1S/C18H28O3/c1-12-6-7-13-4-2-3-5-17(13)16(12)9-8-15-10-14(19)11-18(20)21-15/h6-7,12-17,19H,2-5,8-11H2,1H3/t12-,13+,14+,15+,16-,17-/m0/s1. The van der Waals surface area contributed by atoms with Gasteiger partial charge in [0.1, 0.15) is 6.10 Å². The minimum absolute atomic E-state index is 0.0682. The molecule has 0 radical (unpaired) electrons. The highest BCUT2D eigenvalue weighted by molar-refractivity contribution is 5.70. The van der Waals surface area contributed by atoms with Crippen LogP contribution in [0.1, 0.15) is 58.3 Å². The van der Waals surface area contributed by atoms with Crippen LogP contribution in [0.4, 0.5) is 0 Å². The molecule has 0 aromatic heterocycles. The third-order valence-corrected chi connectivity index (χ3v) is 5.82. The van der Waals surface area contributed by atoms with Crippen molar-refractivity contribution >= 4 is 5.97 Å². The number of carbonyl (C=O) groups excluding carboxylic acids is 1. The van der Waals surface area contributed by atoms with E-state index < -0.39 is 6.10 Å². The van der Waals surface area contributed by atoms with Crippen molar-refractivity contribution in [1.82, 2.24) is 0 Å². The number of esters is 1. The van der Waals surface area contributed by atoms with Gasteiger partial charge >= 0.3 is 5.97 Å². The molecule has 0 aromatic rings. The van der Waals surface area contributed by atoms with Crippen LogP contribution in [0.2, 0.25) is 0 Å². The maximum Gasteiger partial charge on any atom is 0.308 e. The van der Waals surface area contributed by atoms with Crippen LogP contribution >= 0.6 is 0 Å². The molecule has 0 bridgehead atoms. The summed E-state index contributed by atoms with van der Waals surface area (Å²) in [6.45, 7) is 2.33. The first-order valence-corrected chi connectivity index (χ1v) is 8.69. The van der Waals surface area contributed by atoms with Gasteiger partial charge in [-0.05, 0) is 49.4 Å². The summed E-state index contributed by atoms with van der Waals surface area (Å²) in [6, 6.07) is 0. The quantitative estimate of drug-likeness (QED) is 0.640. The monoisotopic (exact) mass is 292 g/mol. The molecular weight excluding hydrogens is 264 g/mol. The zero-order chi connectivity index (χ0) is 14.8. The maximum absolute atomic E-state index is 11.4. The lowest BCUT2D eigenvalue weighted by Crippen LogP contribution is -2.36. The second-order valence-corrected chi connectivity index (χ2v) is 7.30. The van der Waals surface area contributed by atoms with Gasteiger partial charge in [0, 0.05) is 6.42 Å². The molecule has 2 fully saturated rings. The van der Waals surface area contributed by atoms with E-state index in [2.05, 4.69) is 19.1 Å². The lowest BCUT2D eigenvalue weighted by molar-refractivity contribution is -0.160. The first-order valence-electron chi connectivity index (χ1n) is 8.69. The van der Waals surface area contributed by atoms with Gasteiger partial charge in [-0.25, -0.2) is 0 Å². The van der Waals surface area contributed by atoms with Gasteiger partial charge in [0.25, 0.3) is 0 Å². The van der Waals surface area contributed by atoms with Gasteiger partial charge in [0.15, 0.2) is 0 Å². The normalized spacial score (nSPS) is 43.2. The summed E-state index contributed by atoms with van der Waals surface area (Å²) in [7, 11) is 0. The fraction of sp³-hybridized carbons (Fsp3) is 0.833. The Hall–Kier alpha value is -0.830. The van der Waals surface area contributed by atoms with E-state index in [0.717, 1.165) is 30.6 Å². The Labute approximate surface area is 127 Å². The largest absolute Gasteiger partial charge is 0.462 e. The van der Waals surface area contributed by atoms with Crippen LogP contribution in [0.25, 0.3) is 0 Å². The van der Waals surface area contributed by atoms with Gasteiger partial charge in [0.2, 0.25) is 0 Å². The van der Waals surface area contributed by atoms with E-state index in [0.29, 0.717) is 12.3 Å². The van der Waals surface area contributed by atoms with Crippen LogP contribution in [0, 0.1) is 23.7 Å². The van der Waals surface area contributed by atoms with Crippen LogP contribution in [0.3, 0.4) is 0 Å². The smallest absolute Gasteiger partial charge is 0.308 e. The Morgan fingerprint density at radius 1 is 1.24 bits per heavy atom. The number of carbonyl (C=O) groups is 1. The minimum atomic E-state index is -0.498. The molecule has 1 heterocycles. The van der Waals surface area contributed by atoms with Gasteiger partial charge < -0.3 is 9.84 Å². The molecule has 0 amide bonds. The second kappa shape index (κ2) is 6.51. The topological polar surface area (TPSA) is 46.5 Å². The molecule has 1 saturated carbocycles. The van der Waals surface area contributed by atoms with Crippen LogP contribution in [-0.4, -0.2) is 23.3 Å². The van der Waals surface area contributed by atoms with Gasteiger partial charge in [-0.3, -0.25) is 4.79 Å². The number of hydrogen-bond acceptors (Lipinski definition) is 3. The van der Waals surface area contributed by atoms with E-state index in [1.54, 1.807) is 0 Å². The first-order chi connectivity index (χ1) is 10.1. The van der Waals surface area contributed by atoms with Crippen LogP contribution in [-0.2, 0) is 9.53 Å². The van der Waals surface area contributed by atoms with Gasteiger partial charge in [-0.15, -0.1) is 0 Å². The number of cyclic esters (lactones) is 1. The predicted molar refractivity (Wildman–Crippen MR) is 81.6 cm³/mol. The van der Waals surface area contributed by atoms with Gasteiger partial charge in [0.05, 0.1) is 12.5 Å².